The van der Waals surface area contributed by atoms with Crippen LogP contribution < -0.4 is 5.56 Å². The Bertz CT molecular complexity index is 1010. The lowest BCUT2D eigenvalue weighted by molar-refractivity contribution is 0.0838. The summed E-state index contributed by atoms with van der Waals surface area (Å²) in [6.07, 6.45) is 5.04. The van der Waals surface area contributed by atoms with E-state index in [-0.39, 0.29) is 28.6 Å². The molecule has 0 radical (unpaired) electrons. The number of nitrogens with zero attached hydrogens (tertiary/aromatic N) is 3. The lowest BCUT2D eigenvalue weighted by Gasteiger charge is -2.31. The molecule has 0 aliphatic carbocycles. The minimum absolute atomic E-state index is 0.106. The van der Waals surface area contributed by atoms with Crippen LogP contribution in [0.3, 0.4) is 0 Å². The number of carbonyl (C=O) groups is 1. The summed E-state index contributed by atoms with van der Waals surface area (Å²) < 4.78 is 15.0. The summed E-state index contributed by atoms with van der Waals surface area (Å²) in [5.74, 6) is -0.230. The standard InChI is InChI=1S/C23H28FN3O3/c1-15-18(23(30)27-10-3-2-4-21(27)25-15)9-13-26-11-7-16(8-12-26)22(29)19-6-5-17(24)14-20(19)28/h5-6,14,16,28H,2-4,7-13H2,1H3. The topological polar surface area (TPSA) is 75.4 Å². The number of hydrogen-bond donors (Lipinski definition) is 1. The zero-order valence-electron chi connectivity index (χ0n) is 17.4. The molecule has 0 unspecified atom stereocenters. The van der Waals surface area contributed by atoms with Gasteiger partial charge < -0.3 is 10.0 Å². The van der Waals surface area contributed by atoms with E-state index >= 15 is 0 Å². The quantitative estimate of drug-likeness (QED) is 0.763. The molecule has 1 N–H and O–H groups in total. The largest absolute Gasteiger partial charge is 0.507 e. The van der Waals surface area contributed by atoms with Crippen molar-refractivity contribution in [3.63, 3.8) is 0 Å². The van der Waals surface area contributed by atoms with Crippen LogP contribution in [0.25, 0.3) is 0 Å². The number of carbonyl (C=O) groups excluding carboxylic acids is 1. The number of hydrogen-bond acceptors (Lipinski definition) is 5. The van der Waals surface area contributed by atoms with Crippen LogP contribution in [-0.2, 0) is 19.4 Å². The number of phenolic OH excluding ortho intramolecular Hbond substituents is 1. The smallest absolute Gasteiger partial charge is 0.256 e. The Hall–Kier alpha value is -2.54. The molecule has 2 aromatic rings. The van der Waals surface area contributed by atoms with Crippen LogP contribution in [0.1, 0.15) is 53.1 Å². The van der Waals surface area contributed by atoms with Gasteiger partial charge in [-0.15, -0.1) is 0 Å². The number of halogens is 1. The predicted octanol–water partition coefficient (Wildman–Crippen LogP) is 2.87. The average molecular weight is 413 g/mol. The molecule has 3 heterocycles. The van der Waals surface area contributed by atoms with Crippen molar-refractivity contribution in [3.05, 3.63) is 57.0 Å². The highest BCUT2D eigenvalue weighted by molar-refractivity contribution is 6.00. The zero-order chi connectivity index (χ0) is 21.3. The van der Waals surface area contributed by atoms with E-state index in [0.717, 1.165) is 68.6 Å². The molecular formula is C23H28FN3O3. The van der Waals surface area contributed by atoms with Crippen molar-refractivity contribution in [1.29, 1.82) is 0 Å². The first-order valence-electron chi connectivity index (χ1n) is 10.8. The van der Waals surface area contributed by atoms with Gasteiger partial charge in [-0.25, -0.2) is 9.37 Å². The number of rotatable bonds is 5. The number of phenols is 1. The van der Waals surface area contributed by atoms with Gasteiger partial charge in [0.1, 0.15) is 17.4 Å². The van der Waals surface area contributed by atoms with Gasteiger partial charge in [-0.3, -0.25) is 14.2 Å². The van der Waals surface area contributed by atoms with E-state index in [1.165, 1.54) is 12.1 Å². The predicted molar refractivity (Wildman–Crippen MR) is 111 cm³/mol. The molecule has 1 aromatic carbocycles. The van der Waals surface area contributed by atoms with Crippen LogP contribution in [0, 0.1) is 18.7 Å². The molecule has 0 saturated carbocycles. The monoisotopic (exact) mass is 413 g/mol. The van der Waals surface area contributed by atoms with Crippen molar-refractivity contribution < 1.29 is 14.3 Å². The highest BCUT2D eigenvalue weighted by Crippen LogP contribution is 2.27. The third-order valence-corrected chi connectivity index (χ3v) is 6.44. The molecule has 6 nitrogen and oxygen atoms in total. The molecule has 7 heteroatoms. The number of Topliss-reactive ketones (excluding diaryl/α,β-unsaturated/α-hetero) is 1. The Morgan fingerprint density at radius 3 is 2.73 bits per heavy atom. The van der Waals surface area contributed by atoms with E-state index in [2.05, 4.69) is 9.88 Å². The summed E-state index contributed by atoms with van der Waals surface area (Å²) in [7, 11) is 0. The number of ketones is 1. The van der Waals surface area contributed by atoms with Crippen molar-refractivity contribution >= 4 is 5.78 Å². The highest BCUT2D eigenvalue weighted by atomic mass is 19.1. The van der Waals surface area contributed by atoms with Crippen molar-refractivity contribution in [3.8, 4) is 5.75 Å². The highest BCUT2D eigenvalue weighted by Gasteiger charge is 2.27. The van der Waals surface area contributed by atoms with Crippen LogP contribution in [0.4, 0.5) is 4.39 Å². The second kappa shape index (κ2) is 8.68. The van der Waals surface area contributed by atoms with Gasteiger partial charge in [-0.2, -0.15) is 0 Å². The molecular weight excluding hydrogens is 385 g/mol. The fourth-order valence-electron chi connectivity index (χ4n) is 4.64. The third kappa shape index (κ3) is 4.17. The van der Waals surface area contributed by atoms with E-state index in [9.17, 15) is 19.1 Å². The fourth-order valence-corrected chi connectivity index (χ4v) is 4.64. The normalized spacial score (nSPS) is 17.7. The minimum atomic E-state index is -0.554. The van der Waals surface area contributed by atoms with Gasteiger partial charge in [0.2, 0.25) is 0 Å². The molecule has 2 aliphatic heterocycles. The van der Waals surface area contributed by atoms with E-state index in [1.54, 1.807) is 0 Å². The molecule has 1 fully saturated rings. The van der Waals surface area contributed by atoms with Gasteiger partial charge in [-0.1, -0.05) is 0 Å². The molecule has 160 valence electrons. The summed E-state index contributed by atoms with van der Waals surface area (Å²) in [5.41, 5.74) is 1.94. The van der Waals surface area contributed by atoms with Gasteiger partial charge >= 0.3 is 0 Å². The summed E-state index contributed by atoms with van der Waals surface area (Å²) in [6, 6.07) is 3.55. The van der Waals surface area contributed by atoms with E-state index in [4.69, 9.17) is 0 Å². The van der Waals surface area contributed by atoms with Crippen molar-refractivity contribution in [2.75, 3.05) is 19.6 Å². The number of aromatic nitrogens is 2. The molecule has 0 bridgehead atoms. The Labute approximate surface area is 175 Å². The minimum Gasteiger partial charge on any atom is -0.507 e. The second-order valence-electron chi connectivity index (χ2n) is 8.40. The summed E-state index contributed by atoms with van der Waals surface area (Å²) in [6.45, 7) is 4.97. The molecule has 1 saturated heterocycles. The Kier molecular flexibility index (Phi) is 5.99. The fraction of sp³-hybridized carbons (Fsp3) is 0.522. The average Bonchev–Trinajstić information content (AvgIpc) is 2.73. The Balaban J connectivity index is 1.36. The van der Waals surface area contributed by atoms with Crippen LogP contribution in [0.5, 0.6) is 5.75 Å². The van der Waals surface area contributed by atoms with E-state index in [1.807, 2.05) is 11.5 Å². The first kappa shape index (κ1) is 20.7. The maximum atomic E-state index is 13.2. The lowest BCUT2D eigenvalue weighted by atomic mass is 9.88. The lowest BCUT2D eigenvalue weighted by Crippen LogP contribution is -2.39. The number of piperidine rings is 1. The molecule has 2 aliphatic rings. The molecule has 0 amide bonds. The van der Waals surface area contributed by atoms with Crippen molar-refractivity contribution in [2.45, 2.75) is 52.0 Å². The SMILES string of the molecule is Cc1nc2n(c(=O)c1CCN1CCC(C(=O)c3ccc(F)cc3O)CC1)CCCC2. The third-order valence-electron chi connectivity index (χ3n) is 6.44. The molecule has 4 rings (SSSR count). The Morgan fingerprint density at radius 1 is 1.23 bits per heavy atom. The number of aryl methyl sites for hydroxylation is 2. The number of benzene rings is 1. The van der Waals surface area contributed by atoms with Gasteiger partial charge in [0.15, 0.2) is 5.78 Å². The van der Waals surface area contributed by atoms with Crippen molar-refractivity contribution in [2.24, 2.45) is 5.92 Å². The summed E-state index contributed by atoms with van der Waals surface area (Å²) in [4.78, 5) is 32.5. The zero-order valence-corrected chi connectivity index (χ0v) is 17.4. The van der Waals surface area contributed by atoms with E-state index < -0.39 is 5.82 Å². The van der Waals surface area contributed by atoms with Gasteiger partial charge in [0.05, 0.1) is 5.56 Å². The van der Waals surface area contributed by atoms with Crippen LogP contribution in [0.15, 0.2) is 23.0 Å². The Morgan fingerprint density at radius 2 is 2.00 bits per heavy atom. The maximum absolute atomic E-state index is 13.2. The molecule has 1 aromatic heterocycles. The second-order valence-corrected chi connectivity index (χ2v) is 8.40. The van der Waals surface area contributed by atoms with Crippen LogP contribution in [-0.4, -0.2) is 45.0 Å². The maximum Gasteiger partial charge on any atom is 0.256 e. The van der Waals surface area contributed by atoms with Gasteiger partial charge in [0, 0.05) is 42.8 Å². The number of likely N-dealkylation sites (tertiary alicyclic amines) is 1. The van der Waals surface area contributed by atoms with Crippen molar-refractivity contribution in [1.82, 2.24) is 14.5 Å². The molecule has 0 spiro atoms. The van der Waals surface area contributed by atoms with Gasteiger partial charge in [0.25, 0.3) is 5.56 Å². The molecule has 30 heavy (non-hydrogen) atoms. The first-order valence-corrected chi connectivity index (χ1v) is 10.8. The van der Waals surface area contributed by atoms with Gasteiger partial charge in [-0.05, 0) is 64.3 Å². The number of aromatic hydroxyl groups is 1. The van der Waals surface area contributed by atoms with E-state index in [0.29, 0.717) is 19.3 Å². The summed E-state index contributed by atoms with van der Waals surface area (Å²) in [5, 5.41) is 9.88. The first-order chi connectivity index (χ1) is 14.4. The summed E-state index contributed by atoms with van der Waals surface area (Å²) >= 11 is 0. The van der Waals surface area contributed by atoms with Crippen LogP contribution >= 0.6 is 0 Å². The molecule has 0 atom stereocenters. The number of fused-ring (bicyclic) bond motifs is 1. The van der Waals surface area contributed by atoms with Crippen LogP contribution in [0.2, 0.25) is 0 Å².